The molecule has 1 N–H and O–H groups in total. The Morgan fingerprint density at radius 1 is 1.17 bits per heavy atom. The zero-order valence-electron chi connectivity index (χ0n) is 13.4. The fourth-order valence-electron chi connectivity index (χ4n) is 2.88. The number of amides is 1. The third-order valence-corrected chi connectivity index (χ3v) is 4.16. The summed E-state index contributed by atoms with van der Waals surface area (Å²) in [6, 6.07) is 5.33. The number of ketones is 1. The van der Waals surface area contributed by atoms with E-state index < -0.39 is 24.0 Å². The first-order chi connectivity index (χ1) is 11.3. The van der Waals surface area contributed by atoms with E-state index in [0.717, 1.165) is 0 Å². The topological polar surface area (TPSA) is 55.4 Å². The summed E-state index contributed by atoms with van der Waals surface area (Å²) in [5.41, 5.74) is 0.516. The van der Waals surface area contributed by atoms with Crippen molar-refractivity contribution in [3.63, 3.8) is 0 Å². The number of hydrogen-bond acceptors (Lipinski definition) is 3. The summed E-state index contributed by atoms with van der Waals surface area (Å²) < 4.78 is 44.2. The highest BCUT2D eigenvalue weighted by Crippen LogP contribution is 2.37. The Balaban J connectivity index is 1.87. The van der Waals surface area contributed by atoms with Crippen LogP contribution in [0.2, 0.25) is 0 Å². The van der Waals surface area contributed by atoms with Crippen molar-refractivity contribution in [2.75, 3.05) is 6.61 Å². The maximum atomic E-state index is 13.0. The molecule has 0 unspecified atom stereocenters. The van der Waals surface area contributed by atoms with Crippen LogP contribution in [-0.2, 0) is 4.79 Å². The number of Topliss-reactive ketones (excluding diaryl/α,β-unsaturated/α-hetero) is 1. The monoisotopic (exact) mass is 343 g/mol. The summed E-state index contributed by atoms with van der Waals surface area (Å²) in [4.78, 5) is 23.0. The van der Waals surface area contributed by atoms with Crippen LogP contribution in [0.5, 0.6) is 5.75 Å². The van der Waals surface area contributed by atoms with Gasteiger partial charge in [0.05, 0.1) is 5.92 Å². The zero-order chi connectivity index (χ0) is 17.7. The molecule has 0 aliphatic heterocycles. The Kier molecular flexibility index (Phi) is 5.85. The summed E-state index contributed by atoms with van der Waals surface area (Å²) in [6.45, 7) is 1.07. The summed E-state index contributed by atoms with van der Waals surface area (Å²) in [5, 5.41) is 2.44. The van der Waals surface area contributed by atoms with Crippen molar-refractivity contribution < 1.29 is 27.5 Å². The van der Waals surface area contributed by atoms with Crippen LogP contribution in [-0.4, -0.2) is 30.5 Å². The molecule has 0 saturated heterocycles. The Bertz CT molecular complexity index is 584. The smallest absolute Gasteiger partial charge is 0.393 e. The second-order valence-corrected chi connectivity index (χ2v) is 5.98. The molecule has 2 rings (SSSR count). The van der Waals surface area contributed by atoms with Crippen molar-refractivity contribution in [2.24, 2.45) is 5.92 Å². The van der Waals surface area contributed by atoms with Crippen molar-refractivity contribution in [3.8, 4) is 5.75 Å². The Morgan fingerprint density at radius 3 is 2.38 bits per heavy atom. The third-order valence-electron chi connectivity index (χ3n) is 4.16. The Morgan fingerprint density at radius 2 is 1.79 bits per heavy atom. The van der Waals surface area contributed by atoms with E-state index in [9.17, 15) is 22.8 Å². The van der Waals surface area contributed by atoms with E-state index in [1.807, 2.05) is 0 Å². The number of nitrogens with one attached hydrogen (secondary N) is 1. The van der Waals surface area contributed by atoms with E-state index in [4.69, 9.17) is 4.74 Å². The van der Waals surface area contributed by atoms with Gasteiger partial charge in [0.1, 0.15) is 5.75 Å². The number of ether oxygens (including phenoxy) is 1. The largest absolute Gasteiger partial charge is 0.484 e. The maximum absolute atomic E-state index is 13.0. The van der Waals surface area contributed by atoms with Crippen LogP contribution in [0.15, 0.2) is 24.3 Å². The van der Waals surface area contributed by atoms with Gasteiger partial charge in [0, 0.05) is 11.6 Å². The number of benzene rings is 1. The van der Waals surface area contributed by atoms with Gasteiger partial charge in [0.15, 0.2) is 12.4 Å². The molecule has 1 amide bonds. The molecule has 1 fully saturated rings. The highest BCUT2D eigenvalue weighted by Gasteiger charge is 2.45. The first kappa shape index (κ1) is 18.3. The lowest BCUT2D eigenvalue weighted by Gasteiger charge is -2.33. The Labute approximate surface area is 138 Å². The van der Waals surface area contributed by atoms with Gasteiger partial charge >= 0.3 is 6.18 Å². The average Bonchev–Trinajstić information content (AvgIpc) is 2.53. The molecule has 1 aliphatic carbocycles. The van der Waals surface area contributed by atoms with Crippen molar-refractivity contribution in [2.45, 2.75) is 44.8 Å². The molecule has 1 aromatic carbocycles. The minimum absolute atomic E-state index is 0.0435. The molecule has 1 aromatic rings. The second kappa shape index (κ2) is 7.68. The highest BCUT2D eigenvalue weighted by atomic mass is 19.4. The van der Waals surface area contributed by atoms with Crippen LogP contribution in [0, 0.1) is 5.92 Å². The molecule has 1 saturated carbocycles. The molecule has 0 heterocycles. The molecule has 4 nitrogen and oxygen atoms in total. The Hall–Kier alpha value is -2.05. The van der Waals surface area contributed by atoms with E-state index in [1.165, 1.54) is 6.92 Å². The van der Waals surface area contributed by atoms with Crippen LogP contribution in [0.1, 0.15) is 43.0 Å². The highest BCUT2D eigenvalue weighted by molar-refractivity contribution is 5.94. The summed E-state index contributed by atoms with van der Waals surface area (Å²) in [5.74, 6) is -1.78. The number of alkyl halides is 3. The molecule has 1 aliphatic rings. The van der Waals surface area contributed by atoms with Crippen LogP contribution < -0.4 is 10.1 Å². The fraction of sp³-hybridized carbons (Fsp3) is 0.529. The van der Waals surface area contributed by atoms with Gasteiger partial charge in [-0.1, -0.05) is 12.8 Å². The van der Waals surface area contributed by atoms with Gasteiger partial charge < -0.3 is 10.1 Å². The molecule has 0 radical (unpaired) electrons. The number of halogens is 3. The van der Waals surface area contributed by atoms with Crippen LogP contribution >= 0.6 is 0 Å². The van der Waals surface area contributed by atoms with Crippen LogP contribution in [0.25, 0.3) is 0 Å². The van der Waals surface area contributed by atoms with Crippen LogP contribution in [0.3, 0.4) is 0 Å². The molecule has 0 aromatic heterocycles. The SMILES string of the molecule is CC(=O)c1ccc(OCC(=O)N[C@@H]2CCCC[C@@H]2C(F)(F)F)cc1. The number of carbonyl (C=O) groups excluding carboxylic acids is 2. The molecular weight excluding hydrogens is 323 g/mol. The summed E-state index contributed by atoms with van der Waals surface area (Å²) in [7, 11) is 0. The number of carbonyl (C=O) groups is 2. The quantitative estimate of drug-likeness (QED) is 0.833. The van der Waals surface area contributed by atoms with Gasteiger partial charge in [0.25, 0.3) is 5.91 Å². The molecular formula is C17H20F3NO3. The fourth-order valence-corrected chi connectivity index (χ4v) is 2.88. The lowest BCUT2D eigenvalue weighted by atomic mass is 9.84. The van der Waals surface area contributed by atoms with E-state index >= 15 is 0 Å². The standard InChI is InChI=1S/C17H20F3NO3/c1-11(22)12-6-8-13(9-7-12)24-10-16(23)21-15-5-3-2-4-14(15)17(18,19)20/h6-9,14-15H,2-5,10H2,1H3,(H,21,23)/t14-,15+/m0/s1. The van der Waals surface area contributed by atoms with Crippen molar-refractivity contribution in [3.05, 3.63) is 29.8 Å². The normalized spacial score (nSPS) is 21.2. The van der Waals surface area contributed by atoms with E-state index in [0.29, 0.717) is 30.6 Å². The van der Waals surface area contributed by atoms with Crippen molar-refractivity contribution in [1.82, 2.24) is 5.32 Å². The molecule has 0 spiro atoms. The van der Waals surface area contributed by atoms with Gasteiger partial charge in [-0.25, -0.2) is 0 Å². The first-order valence-corrected chi connectivity index (χ1v) is 7.87. The van der Waals surface area contributed by atoms with E-state index in [2.05, 4.69) is 5.32 Å². The van der Waals surface area contributed by atoms with Crippen molar-refractivity contribution in [1.29, 1.82) is 0 Å². The maximum Gasteiger partial charge on any atom is 0.393 e. The van der Waals surface area contributed by atoms with E-state index in [1.54, 1.807) is 24.3 Å². The summed E-state index contributed by atoms with van der Waals surface area (Å²) >= 11 is 0. The lowest BCUT2D eigenvalue weighted by molar-refractivity contribution is -0.189. The zero-order valence-corrected chi connectivity index (χ0v) is 13.4. The second-order valence-electron chi connectivity index (χ2n) is 5.98. The molecule has 2 atom stereocenters. The van der Waals surface area contributed by atoms with Crippen LogP contribution in [0.4, 0.5) is 13.2 Å². The number of rotatable bonds is 5. The molecule has 7 heteroatoms. The lowest BCUT2D eigenvalue weighted by Crippen LogP contribution is -2.48. The predicted molar refractivity (Wildman–Crippen MR) is 81.9 cm³/mol. The van der Waals surface area contributed by atoms with Gasteiger partial charge in [0.2, 0.25) is 0 Å². The van der Waals surface area contributed by atoms with Crippen molar-refractivity contribution >= 4 is 11.7 Å². The minimum Gasteiger partial charge on any atom is -0.484 e. The third kappa shape index (κ3) is 4.97. The van der Waals surface area contributed by atoms with Gasteiger partial charge in [-0.15, -0.1) is 0 Å². The molecule has 24 heavy (non-hydrogen) atoms. The van der Waals surface area contributed by atoms with E-state index in [-0.39, 0.29) is 18.8 Å². The average molecular weight is 343 g/mol. The molecule has 0 bridgehead atoms. The van der Waals surface area contributed by atoms with Gasteiger partial charge in [-0.3, -0.25) is 9.59 Å². The van der Waals surface area contributed by atoms with Gasteiger partial charge in [-0.05, 0) is 44.0 Å². The number of hydrogen-bond donors (Lipinski definition) is 1. The minimum atomic E-state index is -4.30. The predicted octanol–water partition coefficient (Wildman–Crippen LogP) is 3.51. The molecule has 132 valence electrons. The van der Waals surface area contributed by atoms with Gasteiger partial charge in [-0.2, -0.15) is 13.2 Å². The summed E-state index contributed by atoms with van der Waals surface area (Å²) in [6.07, 6.45) is -2.74. The first-order valence-electron chi connectivity index (χ1n) is 7.87.